The van der Waals surface area contributed by atoms with E-state index in [1.165, 1.54) is 0 Å². The van der Waals surface area contributed by atoms with Crippen LogP contribution in [0.4, 0.5) is 0 Å². The summed E-state index contributed by atoms with van der Waals surface area (Å²) in [6, 6.07) is 11.8. The Bertz CT molecular complexity index is 640. The van der Waals surface area contributed by atoms with Gasteiger partial charge < -0.3 is 0 Å². The van der Waals surface area contributed by atoms with Crippen molar-refractivity contribution in [2.24, 2.45) is 5.92 Å². The van der Waals surface area contributed by atoms with Crippen molar-refractivity contribution in [2.75, 3.05) is 0 Å². The Morgan fingerprint density at radius 1 is 1.06 bits per heavy atom. The minimum atomic E-state index is -0.483. The first-order valence-electron chi connectivity index (χ1n) is 5.75. The summed E-state index contributed by atoms with van der Waals surface area (Å²) in [6.45, 7) is 1.70. The quantitative estimate of drug-likeness (QED) is 0.645. The van der Waals surface area contributed by atoms with E-state index in [0.717, 1.165) is 21.9 Å². The lowest BCUT2D eigenvalue weighted by molar-refractivity contribution is -0.120. The van der Waals surface area contributed by atoms with Crippen molar-refractivity contribution < 1.29 is 9.59 Å². The van der Waals surface area contributed by atoms with E-state index in [1.54, 1.807) is 6.92 Å². The summed E-state index contributed by atoms with van der Waals surface area (Å²) in [5, 5.41) is 2.14. The lowest BCUT2D eigenvalue weighted by Gasteiger charge is -2.19. The van der Waals surface area contributed by atoms with Crippen LogP contribution in [0.1, 0.15) is 22.8 Å². The van der Waals surface area contributed by atoms with Gasteiger partial charge in [-0.3, -0.25) is 9.59 Å². The van der Waals surface area contributed by atoms with Gasteiger partial charge in [0.25, 0.3) is 0 Å². The molecule has 2 aromatic rings. The Kier molecular flexibility index (Phi) is 2.11. The average Bonchev–Trinajstić information content (AvgIpc) is 2.34. The van der Waals surface area contributed by atoms with E-state index >= 15 is 0 Å². The molecule has 0 bridgehead atoms. The number of carbonyl (C=O) groups is 2. The summed E-state index contributed by atoms with van der Waals surface area (Å²) in [6.07, 6.45) is 0.382. The van der Waals surface area contributed by atoms with Gasteiger partial charge in [-0.15, -0.1) is 0 Å². The van der Waals surface area contributed by atoms with Gasteiger partial charge in [-0.1, -0.05) is 24.3 Å². The molecule has 0 saturated carbocycles. The summed E-state index contributed by atoms with van der Waals surface area (Å²) in [5.74, 6) is -0.497. The molecule has 1 aliphatic carbocycles. The Balaban J connectivity index is 2.28. The van der Waals surface area contributed by atoms with Gasteiger partial charge in [0.05, 0.1) is 5.92 Å². The summed E-state index contributed by atoms with van der Waals surface area (Å²) < 4.78 is 0. The molecule has 0 N–H and O–H groups in total. The monoisotopic (exact) mass is 224 g/mol. The molecule has 0 amide bonds. The summed E-state index contributed by atoms with van der Waals surface area (Å²) >= 11 is 0. The van der Waals surface area contributed by atoms with Crippen LogP contribution >= 0.6 is 0 Å². The van der Waals surface area contributed by atoms with Gasteiger partial charge in [0.2, 0.25) is 0 Å². The molecule has 1 atom stereocenters. The summed E-state index contributed by atoms with van der Waals surface area (Å²) in [5.41, 5.74) is 1.59. The predicted molar refractivity (Wildman–Crippen MR) is 66.2 cm³/mol. The van der Waals surface area contributed by atoms with Gasteiger partial charge in [0, 0.05) is 12.0 Å². The Labute approximate surface area is 99.3 Å². The second-order valence-corrected chi connectivity index (χ2v) is 4.59. The first-order chi connectivity index (χ1) is 8.16. The van der Waals surface area contributed by atoms with Gasteiger partial charge in [0.1, 0.15) is 5.78 Å². The zero-order chi connectivity index (χ0) is 12.0. The largest absolute Gasteiger partial charge is 0.299 e. The standard InChI is InChI=1S/C15H12O2/c1-9-14(16)8-12-6-10-4-2-3-5-11(10)7-13(12)15(9)17/h2-7,9H,8H2,1H3. The molecule has 0 saturated heterocycles. The van der Waals surface area contributed by atoms with Crippen LogP contribution < -0.4 is 0 Å². The molecule has 2 aromatic carbocycles. The molecular formula is C15H12O2. The van der Waals surface area contributed by atoms with Crippen LogP contribution in [0.5, 0.6) is 0 Å². The van der Waals surface area contributed by atoms with Crippen LogP contribution in [0, 0.1) is 5.92 Å². The second-order valence-electron chi connectivity index (χ2n) is 4.59. The molecule has 0 heterocycles. The third-order valence-electron chi connectivity index (χ3n) is 3.48. The fraction of sp³-hybridized carbons (Fsp3) is 0.200. The van der Waals surface area contributed by atoms with Crippen molar-refractivity contribution in [3.05, 3.63) is 47.5 Å². The molecule has 2 nitrogen and oxygen atoms in total. The number of Topliss-reactive ketones (excluding diaryl/α,β-unsaturated/α-hetero) is 2. The molecule has 2 heteroatoms. The van der Waals surface area contributed by atoms with E-state index in [2.05, 4.69) is 0 Å². The van der Waals surface area contributed by atoms with E-state index in [0.29, 0.717) is 6.42 Å². The zero-order valence-electron chi connectivity index (χ0n) is 9.57. The molecule has 0 spiro atoms. The molecule has 0 aromatic heterocycles. The summed E-state index contributed by atoms with van der Waals surface area (Å²) in [7, 11) is 0. The topological polar surface area (TPSA) is 34.1 Å². The first-order valence-corrected chi connectivity index (χ1v) is 5.75. The maximum atomic E-state index is 12.0. The van der Waals surface area contributed by atoms with E-state index in [9.17, 15) is 9.59 Å². The van der Waals surface area contributed by atoms with Crippen LogP contribution in [-0.4, -0.2) is 11.6 Å². The average molecular weight is 224 g/mol. The number of ketones is 2. The Morgan fingerprint density at radius 2 is 1.71 bits per heavy atom. The molecule has 0 fully saturated rings. The summed E-state index contributed by atoms with van der Waals surface area (Å²) in [4.78, 5) is 23.7. The van der Waals surface area contributed by atoms with Gasteiger partial charge in [-0.25, -0.2) is 0 Å². The number of fused-ring (bicyclic) bond motifs is 2. The molecule has 0 aliphatic heterocycles. The number of benzene rings is 2. The molecule has 1 unspecified atom stereocenters. The van der Waals surface area contributed by atoms with Crippen molar-refractivity contribution in [1.82, 2.24) is 0 Å². The zero-order valence-corrected chi connectivity index (χ0v) is 9.57. The minimum Gasteiger partial charge on any atom is -0.299 e. The highest BCUT2D eigenvalue weighted by molar-refractivity contribution is 6.16. The van der Waals surface area contributed by atoms with Gasteiger partial charge in [-0.05, 0) is 35.4 Å². The Hall–Kier alpha value is -1.96. The van der Waals surface area contributed by atoms with E-state index < -0.39 is 5.92 Å². The molecule has 1 aliphatic rings. The molecule has 0 radical (unpaired) electrons. The highest BCUT2D eigenvalue weighted by Gasteiger charge is 2.30. The van der Waals surface area contributed by atoms with Crippen LogP contribution in [0.3, 0.4) is 0 Å². The van der Waals surface area contributed by atoms with E-state index in [1.807, 2.05) is 36.4 Å². The SMILES string of the molecule is CC1C(=O)Cc2cc3ccccc3cc2C1=O. The number of carbonyl (C=O) groups excluding carboxylic acids is 2. The molecule has 17 heavy (non-hydrogen) atoms. The third-order valence-corrected chi connectivity index (χ3v) is 3.48. The van der Waals surface area contributed by atoms with E-state index in [-0.39, 0.29) is 11.6 Å². The maximum absolute atomic E-state index is 12.0. The van der Waals surface area contributed by atoms with Gasteiger partial charge >= 0.3 is 0 Å². The fourth-order valence-corrected chi connectivity index (χ4v) is 2.38. The lowest BCUT2D eigenvalue weighted by atomic mass is 9.81. The van der Waals surface area contributed by atoms with Crippen LogP contribution in [0.2, 0.25) is 0 Å². The molecular weight excluding hydrogens is 212 g/mol. The third kappa shape index (κ3) is 1.48. The van der Waals surface area contributed by atoms with Crippen molar-refractivity contribution in [3.63, 3.8) is 0 Å². The van der Waals surface area contributed by atoms with Crippen molar-refractivity contribution in [1.29, 1.82) is 0 Å². The smallest absolute Gasteiger partial charge is 0.173 e. The molecule has 3 rings (SSSR count). The normalized spacial score (nSPS) is 19.5. The lowest BCUT2D eigenvalue weighted by Crippen LogP contribution is -2.29. The maximum Gasteiger partial charge on any atom is 0.173 e. The van der Waals surface area contributed by atoms with Crippen LogP contribution in [-0.2, 0) is 11.2 Å². The molecule has 84 valence electrons. The number of hydrogen-bond donors (Lipinski definition) is 0. The number of rotatable bonds is 0. The van der Waals surface area contributed by atoms with E-state index in [4.69, 9.17) is 0 Å². The van der Waals surface area contributed by atoms with Crippen molar-refractivity contribution in [3.8, 4) is 0 Å². The van der Waals surface area contributed by atoms with Gasteiger partial charge in [-0.2, -0.15) is 0 Å². The first kappa shape index (κ1) is 10.2. The van der Waals surface area contributed by atoms with Gasteiger partial charge in [0.15, 0.2) is 5.78 Å². The second kappa shape index (κ2) is 3.52. The highest BCUT2D eigenvalue weighted by atomic mass is 16.2. The van der Waals surface area contributed by atoms with Crippen molar-refractivity contribution >= 4 is 22.3 Å². The predicted octanol–water partition coefficient (Wildman–Crippen LogP) is 2.78. The van der Waals surface area contributed by atoms with Crippen LogP contribution in [0.15, 0.2) is 36.4 Å². The Morgan fingerprint density at radius 3 is 2.41 bits per heavy atom. The fourth-order valence-electron chi connectivity index (χ4n) is 2.38. The highest BCUT2D eigenvalue weighted by Crippen LogP contribution is 2.27. The van der Waals surface area contributed by atoms with Crippen LogP contribution in [0.25, 0.3) is 10.8 Å². The number of hydrogen-bond acceptors (Lipinski definition) is 2. The minimum absolute atomic E-state index is 0.0257. The van der Waals surface area contributed by atoms with Crippen molar-refractivity contribution in [2.45, 2.75) is 13.3 Å².